The molecule has 0 saturated heterocycles. The van der Waals surface area contributed by atoms with E-state index in [-0.39, 0.29) is 30.1 Å². The van der Waals surface area contributed by atoms with Crippen molar-refractivity contribution in [3.63, 3.8) is 0 Å². The molecule has 0 rings (SSSR count). The molecule has 0 saturated carbocycles. The van der Waals surface area contributed by atoms with Crippen LogP contribution in [0.1, 0.15) is 0 Å². The largest absolute Gasteiger partial charge is 0 e. The van der Waals surface area contributed by atoms with Crippen molar-refractivity contribution in [3.05, 3.63) is 0 Å². The van der Waals surface area contributed by atoms with Crippen molar-refractivity contribution in [1.82, 2.24) is 6.15 Å². The van der Waals surface area contributed by atoms with Gasteiger partial charge in [0, 0.05) is 23.9 Å². The van der Waals surface area contributed by atoms with E-state index >= 15 is 0 Å². The Morgan fingerprint density at radius 1 is 0.733 bits per heavy atom. The molecule has 5 N–H and O–H groups in total. The summed E-state index contributed by atoms with van der Waals surface area (Å²) in [6, 6.07) is 0. The van der Waals surface area contributed by atoms with Gasteiger partial charge in [0.05, 0.1) is 0 Å². The molecular weight excluding hydrogens is 844 g/mol. The van der Waals surface area contributed by atoms with Gasteiger partial charge in [-0.2, -0.15) is 0 Å². The van der Waals surface area contributed by atoms with Gasteiger partial charge in [0.2, 0.25) is 0 Å². The summed E-state index contributed by atoms with van der Waals surface area (Å²) < 4.78 is 82.2. The molecule has 0 aliphatic rings. The number of hydrogen-bond donors (Lipinski definition) is 3. The van der Waals surface area contributed by atoms with Crippen molar-refractivity contribution >= 4 is 23.9 Å². The fraction of sp³-hybridized carbons (Fsp3) is 0. The molecule has 15 heteroatoms. The van der Waals surface area contributed by atoms with E-state index in [4.69, 9.17) is 7.52 Å². The first-order valence-corrected chi connectivity index (χ1v) is 16.6. The zero-order chi connectivity index (χ0) is 10.9. The molecular formula is H5NO10SnW3. The molecule has 0 spiro atoms. The third-order valence-corrected chi connectivity index (χ3v) is 22.7. The van der Waals surface area contributed by atoms with Crippen molar-refractivity contribution in [3.8, 4) is 0 Å². The van der Waals surface area contributed by atoms with Crippen LogP contribution in [-0.2, 0) is 74.7 Å². The van der Waals surface area contributed by atoms with E-state index in [0.29, 0.717) is 0 Å². The average Bonchev–Trinajstić information content (AvgIpc) is 1.43. The van der Waals surface area contributed by atoms with Gasteiger partial charge < -0.3 is 6.15 Å². The van der Waals surface area contributed by atoms with E-state index in [1.807, 2.05) is 0 Å². The zero-order valence-electron chi connectivity index (χ0n) is 6.59. The molecule has 0 amide bonds. The van der Waals surface area contributed by atoms with E-state index < -0.39 is 50.2 Å². The quantitative estimate of drug-likeness (QED) is 0.260. The van der Waals surface area contributed by atoms with E-state index in [1.165, 1.54) is 0 Å². The molecule has 0 aromatic heterocycles. The van der Waals surface area contributed by atoms with Gasteiger partial charge in [-0.25, -0.2) is 0 Å². The third-order valence-electron chi connectivity index (χ3n) is 0.339. The molecule has 4 radical (unpaired) electrons. The molecule has 0 heterocycles. The second-order valence-electron chi connectivity index (χ2n) is 1.40. The van der Waals surface area contributed by atoms with Crippen LogP contribution in [0.4, 0.5) is 0 Å². The van der Waals surface area contributed by atoms with Gasteiger partial charge in [0.15, 0.2) is 0 Å². The van der Waals surface area contributed by atoms with Crippen LogP contribution in [-0.4, -0.2) is 31.4 Å². The molecule has 0 aliphatic heterocycles. The van der Waals surface area contributed by atoms with Crippen molar-refractivity contribution in [2.45, 2.75) is 0 Å². The first-order chi connectivity index (χ1) is 5.41. The molecule has 92 valence electrons. The Kier molecular flexibility index (Phi) is 10.2. The van der Waals surface area contributed by atoms with Gasteiger partial charge in [0.1, 0.15) is 0 Å². The maximum atomic E-state index is 10.3. The van der Waals surface area contributed by atoms with Crippen molar-refractivity contribution in [1.29, 1.82) is 0 Å². The fourth-order valence-electron chi connectivity index (χ4n) is 0.222. The molecule has 0 fully saturated rings. The molecule has 0 aromatic carbocycles. The zero-order valence-corrected chi connectivity index (χ0v) is 18.2. The SMILES string of the molecule is N.[O]=[W](=[O])([OH])[O][W](=[O])(=[O])[O][W](=[O])(=[O])[OH].[Sn]. The van der Waals surface area contributed by atoms with Crippen molar-refractivity contribution in [2.75, 3.05) is 0 Å². The Hall–Kier alpha value is 1.46. The minimum Gasteiger partial charge on any atom is 0 e. The summed E-state index contributed by atoms with van der Waals surface area (Å²) in [7, 11) is 0. The Labute approximate surface area is 111 Å². The predicted octanol–water partition coefficient (Wildman–Crippen LogP) is -2.19. The Bertz CT molecular complexity index is 425. The van der Waals surface area contributed by atoms with Crippen LogP contribution in [0.15, 0.2) is 0 Å². The Balaban J connectivity index is -0.000000720. The first-order valence-electron chi connectivity index (χ1n) is 2.03. The summed E-state index contributed by atoms with van der Waals surface area (Å²) in [6.45, 7) is 0. The smallest absolute Gasteiger partial charge is 0 e. The van der Waals surface area contributed by atoms with Gasteiger partial charge >= 0.3 is 82.2 Å². The number of hydrogen-bond acceptors (Lipinski definition) is 9. The predicted molar refractivity (Wildman–Crippen MR) is 21.5 cm³/mol. The molecule has 15 heavy (non-hydrogen) atoms. The van der Waals surface area contributed by atoms with Gasteiger partial charge in [-0.1, -0.05) is 0 Å². The molecule has 0 bridgehead atoms. The van der Waals surface area contributed by atoms with Crippen molar-refractivity contribution in [2.24, 2.45) is 0 Å². The molecule has 11 nitrogen and oxygen atoms in total. The summed E-state index contributed by atoms with van der Waals surface area (Å²) in [5.74, 6) is 0. The Morgan fingerprint density at radius 2 is 0.933 bits per heavy atom. The third kappa shape index (κ3) is 15.5. The van der Waals surface area contributed by atoms with Crippen molar-refractivity contribution < 1.29 is 82.2 Å². The number of rotatable bonds is 4. The van der Waals surface area contributed by atoms with Crippen LogP contribution in [0.25, 0.3) is 0 Å². The minimum atomic E-state index is -6.76. The summed E-state index contributed by atoms with van der Waals surface area (Å²) in [5, 5.41) is 0. The minimum absolute atomic E-state index is 0. The van der Waals surface area contributed by atoms with Gasteiger partial charge in [0.25, 0.3) is 0 Å². The van der Waals surface area contributed by atoms with Crippen LogP contribution in [0.3, 0.4) is 0 Å². The average molecular weight is 849 g/mol. The van der Waals surface area contributed by atoms with Crippen LogP contribution < -0.4 is 6.15 Å². The molecule has 0 unspecified atom stereocenters. The summed E-state index contributed by atoms with van der Waals surface area (Å²) in [5.41, 5.74) is 0. The fourth-order valence-corrected chi connectivity index (χ4v) is 20.3. The summed E-state index contributed by atoms with van der Waals surface area (Å²) >= 11 is -19.9. The molecule has 0 atom stereocenters. The van der Waals surface area contributed by atoms with Gasteiger partial charge in [-0.15, -0.1) is 0 Å². The summed E-state index contributed by atoms with van der Waals surface area (Å²) in [6.07, 6.45) is 0. The normalized spacial score (nSPS) is 12.4. The van der Waals surface area contributed by atoms with Crippen LogP contribution in [0, 0.1) is 0 Å². The monoisotopic (exact) mass is 851 g/mol. The standard InChI is InChI=1S/H3N.2H2O.8O.Sn.3W/h1H3;2*1H2;;;;;;;;;;;;/q;;;;;;;;;;;;;2*+1/p-2. The second-order valence-corrected chi connectivity index (χ2v) is 19.5. The second kappa shape index (κ2) is 7.02. The van der Waals surface area contributed by atoms with E-state index in [2.05, 4.69) is 4.09 Å². The van der Waals surface area contributed by atoms with Gasteiger partial charge in [-0.05, 0) is 0 Å². The van der Waals surface area contributed by atoms with Crippen LogP contribution in [0.2, 0.25) is 0 Å². The maximum absolute atomic E-state index is 10.3. The van der Waals surface area contributed by atoms with Gasteiger partial charge in [-0.3, -0.25) is 0 Å². The van der Waals surface area contributed by atoms with Crippen LogP contribution in [0.5, 0.6) is 0 Å². The molecule has 0 aromatic rings. The van der Waals surface area contributed by atoms with E-state index in [9.17, 15) is 20.4 Å². The first kappa shape index (κ1) is 21.7. The maximum Gasteiger partial charge on any atom is 0 e. The molecule has 0 aliphatic carbocycles. The van der Waals surface area contributed by atoms with Crippen LogP contribution >= 0.6 is 0 Å². The van der Waals surface area contributed by atoms with E-state index in [1.54, 1.807) is 0 Å². The topological polar surface area (TPSA) is 196 Å². The Morgan fingerprint density at radius 3 is 1.07 bits per heavy atom. The van der Waals surface area contributed by atoms with E-state index in [0.717, 1.165) is 0 Å². The summed E-state index contributed by atoms with van der Waals surface area (Å²) in [4.78, 5) is 0.